The molecule has 0 aliphatic rings. The summed E-state index contributed by atoms with van der Waals surface area (Å²) < 4.78 is 7.53. The molecule has 0 unspecified atom stereocenters. The van der Waals surface area contributed by atoms with Crippen LogP contribution in [0.4, 0.5) is 0 Å². The molecule has 0 atom stereocenters. The van der Waals surface area contributed by atoms with E-state index in [1.165, 1.54) is 0 Å². The van der Waals surface area contributed by atoms with Crippen LogP contribution in [0.5, 0.6) is 0 Å². The van der Waals surface area contributed by atoms with Crippen LogP contribution in [-0.2, 0) is 3.80 Å². The van der Waals surface area contributed by atoms with Crippen LogP contribution in [0, 0.1) is 0 Å². The summed E-state index contributed by atoms with van der Waals surface area (Å²) in [6.07, 6.45) is 0. The fourth-order valence-electron chi connectivity index (χ4n) is 0. The molecule has 0 aliphatic carbocycles. The molecule has 0 N–H and O–H groups in total. The minimum atomic E-state index is -0.750. The molecule has 0 saturated carbocycles. The number of rotatable bonds is 0. The van der Waals surface area contributed by atoms with Crippen LogP contribution in [0.1, 0.15) is 0 Å². The zero-order valence-corrected chi connectivity index (χ0v) is 6.51. The molecule has 0 radical (unpaired) electrons. The van der Waals surface area contributed by atoms with E-state index in [1.807, 2.05) is 0 Å². The van der Waals surface area contributed by atoms with Gasteiger partial charge in [-0.2, -0.15) is 0 Å². The fraction of sp³-hybridized carbons (Fsp3) is 1.00. The van der Waals surface area contributed by atoms with Gasteiger partial charge < -0.3 is 0 Å². The molecule has 36 valence electrons. The average molecular weight is 163 g/mol. The van der Waals surface area contributed by atoms with E-state index in [0.717, 1.165) is 0 Å². The van der Waals surface area contributed by atoms with E-state index in [1.54, 1.807) is 0 Å². The first-order chi connectivity index (χ1) is 2.73. The topological polar surface area (TPSA) is 17.1 Å². The molecule has 0 amide bonds. The molecule has 0 bridgehead atoms. The van der Waals surface area contributed by atoms with Crippen LogP contribution >= 0.6 is 34.8 Å². The van der Waals surface area contributed by atoms with Crippen molar-refractivity contribution in [1.29, 1.82) is 0 Å². The van der Waals surface area contributed by atoms with Crippen molar-refractivity contribution in [1.82, 2.24) is 0 Å². The predicted octanol–water partition coefficient (Wildman–Crippen LogP) is 1.22. The van der Waals surface area contributed by atoms with E-state index in [9.17, 15) is 0 Å². The van der Waals surface area contributed by atoms with Gasteiger partial charge in [-0.1, -0.05) is 34.8 Å². The van der Waals surface area contributed by atoms with Gasteiger partial charge in [0, 0.05) is 0 Å². The number of alkyl halides is 3. The van der Waals surface area contributed by atoms with Crippen LogP contribution in [0.2, 0.25) is 0 Å². The Labute approximate surface area is 59.2 Å². The van der Waals surface area contributed by atoms with Crippen molar-refractivity contribution in [3.63, 3.8) is 0 Å². The normalized spacial score (nSPS) is 6.50. The third-order valence-electron chi connectivity index (χ3n) is 0. The van der Waals surface area contributed by atoms with Gasteiger partial charge in [0.15, 0.2) is 4.30 Å². The van der Waals surface area contributed by atoms with E-state index in [4.69, 9.17) is 38.6 Å². The average Bonchev–Trinajstić information content (AvgIpc) is 1.41. The van der Waals surface area contributed by atoms with Crippen molar-refractivity contribution in [3.8, 4) is 0 Å². The Hall–Kier alpha value is 1.20. The van der Waals surface area contributed by atoms with Gasteiger partial charge in [0.1, 0.15) is 0 Å². The van der Waals surface area contributed by atoms with Gasteiger partial charge in [-0.3, -0.25) is 0 Å². The molecule has 0 aliphatic heterocycles. The monoisotopic (exact) mass is 162 g/mol. The first kappa shape index (κ1) is 10.2. The summed E-state index contributed by atoms with van der Waals surface area (Å²) >= 11 is 15.0. The molecule has 5 heteroatoms. The molecule has 0 saturated heterocycles. The molecule has 0 fully saturated rings. The second-order valence-electron chi connectivity index (χ2n) is 0.247. The molecule has 0 aromatic carbocycles. The second kappa shape index (κ2) is 9.51. The van der Waals surface area contributed by atoms with Crippen LogP contribution in [0.25, 0.3) is 0 Å². The molecular weight excluding hydrogens is 161 g/mol. The fourth-order valence-corrected chi connectivity index (χ4v) is 0. The molecule has 0 aromatic rings. The summed E-state index contributed by atoms with van der Waals surface area (Å²) in [5, 5.41) is 0. The van der Waals surface area contributed by atoms with E-state index in [2.05, 4.69) is 0 Å². The van der Waals surface area contributed by atoms with Gasteiger partial charge in [-0.15, -0.1) is 0 Å². The Morgan fingerprint density at radius 3 is 1.17 bits per heavy atom. The third kappa shape index (κ3) is 63.5. The van der Waals surface area contributed by atoms with Crippen LogP contribution in [0.3, 0.4) is 0 Å². The first-order valence-electron chi connectivity index (χ1n) is 0.943. The Bertz CT molecular complexity index is 22.0. The van der Waals surface area contributed by atoms with Crippen molar-refractivity contribution in [2.75, 3.05) is 0 Å². The maximum absolute atomic E-state index is 8.28. The SMILES string of the molecule is ClC(Cl)Cl.[O]=[AlH]. The zero-order chi connectivity index (χ0) is 5.58. The summed E-state index contributed by atoms with van der Waals surface area (Å²) in [7, 11) is 0. The van der Waals surface area contributed by atoms with Gasteiger partial charge in [0.25, 0.3) is 0 Å². The van der Waals surface area contributed by atoms with Crippen molar-refractivity contribution in [3.05, 3.63) is 0 Å². The predicted molar refractivity (Wildman–Crippen MR) is 29.2 cm³/mol. The Balaban J connectivity index is 0. The molecule has 1 nitrogen and oxygen atoms in total. The van der Waals surface area contributed by atoms with E-state index in [-0.39, 0.29) is 0 Å². The quantitative estimate of drug-likeness (QED) is 0.388. The van der Waals surface area contributed by atoms with Crippen molar-refractivity contribution < 1.29 is 3.80 Å². The molecule has 0 rings (SSSR count). The number of halogens is 3. The Kier molecular flexibility index (Phi) is 16.2. The Morgan fingerprint density at radius 1 is 1.17 bits per heavy atom. The molecule has 6 heavy (non-hydrogen) atoms. The summed E-state index contributed by atoms with van der Waals surface area (Å²) in [6.45, 7) is 0. The molecule has 0 heterocycles. The molecule has 0 spiro atoms. The first-order valence-corrected chi connectivity index (χ1v) is 2.83. The second-order valence-corrected chi connectivity index (χ2v) is 2.23. The van der Waals surface area contributed by atoms with E-state index in [0.29, 0.717) is 16.2 Å². The van der Waals surface area contributed by atoms with Crippen LogP contribution < -0.4 is 0 Å². The maximum atomic E-state index is 8.28. The number of hydrogen-bond donors (Lipinski definition) is 0. The Morgan fingerprint density at radius 2 is 1.17 bits per heavy atom. The van der Waals surface area contributed by atoms with Crippen molar-refractivity contribution in [2.45, 2.75) is 4.30 Å². The van der Waals surface area contributed by atoms with Gasteiger partial charge in [-0.25, -0.2) is 0 Å². The third-order valence-corrected chi connectivity index (χ3v) is 0. The van der Waals surface area contributed by atoms with E-state index >= 15 is 0 Å². The van der Waals surface area contributed by atoms with Gasteiger partial charge in [0.2, 0.25) is 0 Å². The van der Waals surface area contributed by atoms with Gasteiger partial charge >= 0.3 is 20.0 Å². The standard InChI is InChI=1S/CHCl3.Al.O.H/c2-1(3)4;;;/h1H;;;. The van der Waals surface area contributed by atoms with Crippen LogP contribution in [0.15, 0.2) is 0 Å². The van der Waals surface area contributed by atoms with E-state index < -0.39 is 4.30 Å². The van der Waals surface area contributed by atoms with Crippen molar-refractivity contribution in [2.24, 2.45) is 0 Å². The molecular formula is CH2AlCl3O. The minimum absolute atomic E-state index is 0.611. The summed E-state index contributed by atoms with van der Waals surface area (Å²) in [5.41, 5.74) is 0. The van der Waals surface area contributed by atoms with Crippen molar-refractivity contribution >= 4 is 51.0 Å². The number of hydrogen-bond acceptors (Lipinski definition) is 1. The van der Waals surface area contributed by atoms with Crippen LogP contribution in [-0.4, -0.2) is 20.5 Å². The summed E-state index contributed by atoms with van der Waals surface area (Å²) in [5.74, 6) is 0. The van der Waals surface area contributed by atoms with Gasteiger partial charge in [0.05, 0.1) is 0 Å². The molecule has 0 aromatic heterocycles. The van der Waals surface area contributed by atoms with Gasteiger partial charge in [-0.05, 0) is 0 Å². The summed E-state index contributed by atoms with van der Waals surface area (Å²) in [4.78, 5) is 0. The zero-order valence-electron chi connectivity index (χ0n) is 2.83. The summed E-state index contributed by atoms with van der Waals surface area (Å²) in [6, 6.07) is 0.